The van der Waals surface area contributed by atoms with Gasteiger partial charge in [0, 0.05) is 28.8 Å². The Labute approximate surface area is 163 Å². The van der Waals surface area contributed by atoms with E-state index in [1.807, 2.05) is 26.0 Å². The van der Waals surface area contributed by atoms with Crippen LogP contribution in [0.15, 0.2) is 48.8 Å². The first-order valence-electron chi connectivity index (χ1n) is 8.73. The van der Waals surface area contributed by atoms with E-state index in [1.54, 1.807) is 18.2 Å². The second-order valence-electron chi connectivity index (χ2n) is 6.25. The first-order valence-corrected chi connectivity index (χ1v) is 9.11. The van der Waals surface area contributed by atoms with E-state index >= 15 is 0 Å². The van der Waals surface area contributed by atoms with Crippen LogP contribution in [0.4, 0.5) is 17.3 Å². The number of benzene rings is 2. The van der Waals surface area contributed by atoms with Crippen molar-refractivity contribution in [1.29, 1.82) is 0 Å². The number of nitrogens with zero attached hydrogens (tertiary/aromatic N) is 2. The molecular weight excluding hydrogens is 360 g/mol. The molecule has 0 atom stereocenters. The fourth-order valence-corrected chi connectivity index (χ4v) is 2.94. The number of anilines is 3. The maximum Gasteiger partial charge on any atom is 0.258 e. The van der Waals surface area contributed by atoms with E-state index in [-0.39, 0.29) is 5.91 Å². The minimum absolute atomic E-state index is 0.281. The number of amides is 1. The first-order chi connectivity index (χ1) is 13.0. The van der Waals surface area contributed by atoms with Crippen molar-refractivity contribution < 1.29 is 4.79 Å². The summed E-state index contributed by atoms with van der Waals surface area (Å²) in [6, 6.07) is 11.5. The summed E-state index contributed by atoms with van der Waals surface area (Å²) in [6.07, 6.45) is 3.92. The first kappa shape index (κ1) is 18.9. The highest BCUT2D eigenvalue weighted by atomic mass is 35.5. The van der Waals surface area contributed by atoms with Gasteiger partial charge in [0.15, 0.2) is 0 Å². The number of carbonyl (C=O) groups is 1. The van der Waals surface area contributed by atoms with Gasteiger partial charge in [0.2, 0.25) is 5.95 Å². The summed E-state index contributed by atoms with van der Waals surface area (Å²) < 4.78 is 0. The summed E-state index contributed by atoms with van der Waals surface area (Å²) in [5.74, 6) is 0.173. The summed E-state index contributed by atoms with van der Waals surface area (Å²) in [5, 5.41) is 6.70. The smallest absolute Gasteiger partial charge is 0.258 e. The Morgan fingerprint density at radius 3 is 2.48 bits per heavy atom. The van der Waals surface area contributed by atoms with Gasteiger partial charge in [-0.05, 0) is 49.1 Å². The molecule has 3 aromatic rings. The summed E-state index contributed by atoms with van der Waals surface area (Å²) in [6.45, 7) is 6.00. The Balaban J connectivity index is 1.76. The van der Waals surface area contributed by atoms with Gasteiger partial charge in [0.05, 0.1) is 5.56 Å². The topological polar surface area (TPSA) is 66.9 Å². The highest BCUT2D eigenvalue weighted by molar-refractivity contribution is 6.31. The van der Waals surface area contributed by atoms with Gasteiger partial charge in [0.25, 0.3) is 5.91 Å². The van der Waals surface area contributed by atoms with Crippen molar-refractivity contribution in [3.05, 3.63) is 76.1 Å². The molecule has 0 aliphatic heterocycles. The lowest BCUT2D eigenvalue weighted by atomic mass is 10.1. The Hall–Kier alpha value is -2.92. The molecule has 5 nitrogen and oxygen atoms in total. The van der Waals surface area contributed by atoms with Crippen LogP contribution in [0.25, 0.3) is 0 Å². The van der Waals surface area contributed by atoms with Gasteiger partial charge in [-0.1, -0.05) is 42.8 Å². The monoisotopic (exact) mass is 380 g/mol. The number of carbonyl (C=O) groups excluding carboxylic acids is 1. The number of nitrogens with one attached hydrogen (secondary N) is 2. The number of rotatable bonds is 5. The van der Waals surface area contributed by atoms with Crippen molar-refractivity contribution in [1.82, 2.24) is 9.97 Å². The number of para-hydroxylation sites is 1. The third kappa shape index (κ3) is 4.26. The Kier molecular flexibility index (Phi) is 5.72. The third-order valence-corrected chi connectivity index (χ3v) is 4.82. The average Bonchev–Trinajstić information content (AvgIpc) is 2.67. The second-order valence-corrected chi connectivity index (χ2v) is 6.66. The fraction of sp³-hybridized carbons (Fsp3) is 0.190. The molecule has 27 heavy (non-hydrogen) atoms. The second kappa shape index (κ2) is 8.18. The molecule has 3 rings (SSSR count). The van der Waals surface area contributed by atoms with Gasteiger partial charge in [-0.25, -0.2) is 9.97 Å². The molecule has 2 N–H and O–H groups in total. The van der Waals surface area contributed by atoms with Crippen LogP contribution in [0.2, 0.25) is 5.02 Å². The maximum absolute atomic E-state index is 12.4. The molecule has 1 amide bonds. The Morgan fingerprint density at radius 1 is 1.07 bits per heavy atom. The van der Waals surface area contributed by atoms with Crippen LogP contribution in [0, 0.1) is 13.8 Å². The molecule has 2 aromatic carbocycles. The van der Waals surface area contributed by atoms with Gasteiger partial charge < -0.3 is 10.6 Å². The molecule has 6 heteroatoms. The summed E-state index contributed by atoms with van der Waals surface area (Å²) in [4.78, 5) is 21.0. The van der Waals surface area contributed by atoms with Crippen molar-refractivity contribution in [2.75, 3.05) is 10.6 Å². The van der Waals surface area contributed by atoms with Crippen molar-refractivity contribution in [2.45, 2.75) is 27.2 Å². The fourth-order valence-electron chi connectivity index (χ4n) is 2.76. The molecule has 0 radical (unpaired) electrons. The molecular formula is C21H21ClN4O. The molecule has 0 aliphatic rings. The molecule has 0 spiro atoms. The van der Waals surface area contributed by atoms with E-state index < -0.39 is 0 Å². The Morgan fingerprint density at radius 2 is 1.78 bits per heavy atom. The van der Waals surface area contributed by atoms with Crippen LogP contribution in [0.1, 0.15) is 34.0 Å². The molecule has 1 aromatic heterocycles. The standard InChI is InChI=1S/C21H21ClN4O/c1-4-15-8-5-7-13(2)19(15)26-21-23-11-16(12-24-21)20(27)25-18-10-6-9-17(22)14(18)3/h5-12H,4H2,1-3H3,(H,25,27)(H,23,24,26). The minimum atomic E-state index is -0.281. The summed E-state index contributed by atoms with van der Waals surface area (Å²) in [5.41, 5.74) is 5.18. The van der Waals surface area contributed by atoms with Crippen LogP contribution in [-0.2, 0) is 6.42 Å². The largest absolute Gasteiger partial charge is 0.324 e. The zero-order chi connectivity index (χ0) is 19.4. The lowest BCUT2D eigenvalue weighted by molar-refractivity contribution is 0.102. The predicted molar refractivity (Wildman–Crippen MR) is 110 cm³/mol. The van der Waals surface area contributed by atoms with E-state index in [0.717, 1.165) is 23.2 Å². The van der Waals surface area contributed by atoms with Gasteiger partial charge in [-0.3, -0.25) is 4.79 Å². The van der Waals surface area contributed by atoms with Crippen molar-refractivity contribution >= 4 is 34.8 Å². The van der Waals surface area contributed by atoms with Crippen molar-refractivity contribution in [2.24, 2.45) is 0 Å². The molecule has 0 aliphatic carbocycles. The van der Waals surface area contributed by atoms with E-state index in [2.05, 4.69) is 33.6 Å². The summed E-state index contributed by atoms with van der Waals surface area (Å²) in [7, 11) is 0. The van der Waals surface area contributed by atoms with Gasteiger partial charge in [0.1, 0.15) is 0 Å². The highest BCUT2D eigenvalue weighted by Gasteiger charge is 2.11. The lowest BCUT2D eigenvalue weighted by Crippen LogP contribution is -2.14. The van der Waals surface area contributed by atoms with Crippen LogP contribution >= 0.6 is 11.6 Å². The van der Waals surface area contributed by atoms with E-state index in [0.29, 0.717) is 22.2 Å². The number of aryl methyl sites for hydroxylation is 2. The van der Waals surface area contributed by atoms with Crippen LogP contribution in [0.3, 0.4) is 0 Å². The number of hydrogen-bond donors (Lipinski definition) is 2. The zero-order valence-electron chi connectivity index (χ0n) is 15.5. The number of aromatic nitrogens is 2. The molecule has 0 bridgehead atoms. The summed E-state index contributed by atoms with van der Waals surface area (Å²) >= 11 is 6.09. The third-order valence-electron chi connectivity index (χ3n) is 4.41. The molecule has 0 fully saturated rings. The lowest BCUT2D eigenvalue weighted by Gasteiger charge is -2.13. The normalized spacial score (nSPS) is 10.5. The molecule has 0 saturated carbocycles. The van der Waals surface area contributed by atoms with Crippen LogP contribution in [0.5, 0.6) is 0 Å². The average molecular weight is 381 g/mol. The SMILES string of the molecule is CCc1cccc(C)c1Nc1ncc(C(=O)Nc2cccc(Cl)c2C)cn1. The minimum Gasteiger partial charge on any atom is -0.324 e. The van der Waals surface area contributed by atoms with Gasteiger partial charge >= 0.3 is 0 Å². The van der Waals surface area contributed by atoms with Crippen LogP contribution < -0.4 is 10.6 Å². The van der Waals surface area contributed by atoms with Crippen molar-refractivity contribution in [3.63, 3.8) is 0 Å². The van der Waals surface area contributed by atoms with Gasteiger partial charge in [-0.2, -0.15) is 0 Å². The quantitative estimate of drug-likeness (QED) is 0.629. The number of halogens is 1. The van der Waals surface area contributed by atoms with Crippen molar-refractivity contribution in [3.8, 4) is 0 Å². The molecule has 0 saturated heterocycles. The maximum atomic E-state index is 12.4. The highest BCUT2D eigenvalue weighted by Crippen LogP contribution is 2.25. The molecule has 138 valence electrons. The predicted octanol–water partition coefficient (Wildman–Crippen LogP) is 5.31. The molecule has 0 unspecified atom stereocenters. The molecule has 1 heterocycles. The van der Waals surface area contributed by atoms with Crippen LogP contribution in [-0.4, -0.2) is 15.9 Å². The Bertz CT molecular complexity index is 970. The number of hydrogen-bond acceptors (Lipinski definition) is 4. The zero-order valence-corrected chi connectivity index (χ0v) is 16.3. The van der Waals surface area contributed by atoms with E-state index in [9.17, 15) is 4.79 Å². The van der Waals surface area contributed by atoms with E-state index in [1.165, 1.54) is 18.0 Å². The van der Waals surface area contributed by atoms with E-state index in [4.69, 9.17) is 11.6 Å². The van der Waals surface area contributed by atoms with Gasteiger partial charge in [-0.15, -0.1) is 0 Å².